The molecule has 1 rings (SSSR count). The number of halogens is 1. The van der Waals surface area contributed by atoms with Crippen LogP contribution in [0.3, 0.4) is 0 Å². The van der Waals surface area contributed by atoms with Gasteiger partial charge in [0, 0.05) is 9.92 Å². The molecule has 70 valence electrons. The Bertz CT molecular complexity index is 325. The topological polar surface area (TPSA) is 37.3 Å². The van der Waals surface area contributed by atoms with Crippen molar-refractivity contribution in [1.29, 1.82) is 0 Å². The number of hydrogen-bond acceptors (Lipinski definition) is 2. The Morgan fingerprint density at radius 2 is 2.31 bits per heavy atom. The highest BCUT2D eigenvalue weighted by Crippen LogP contribution is 2.23. The second kappa shape index (κ2) is 4.53. The number of carbonyl (C=O) groups is 1. The Kier molecular flexibility index (Phi) is 3.63. The zero-order valence-corrected chi connectivity index (χ0v) is 8.65. The third kappa shape index (κ3) is 3.28. The first kappa shape index (κ1) is 10.4. The van der Waals surface area contributed by atoms with Crippen molar-refractivity contribution >= 4 is 29.3 Å². The lowest BCUT2D eigenvalue weighted by atomic mass is 10.2. The highest BCUT2D eigenvalue weighted by Gasteiger charge is 2.01. The van der Waals surface area contributed by atoms with E-state index >= 15 is 0 Å². The van der Waals surface area contributed by atoms with E-state index in [1.165, 1.54) is 11.8 Å². The van der Waals surface area contributed by atoms with Crippen LogP contribution >= 0.6 is 23.4 Å². The third-order valence-electron chi connectivity index (χ3n) is 1.49. The molecule has 0 bridgehead atoms. The maximum absolute atomic E-state index is 10.3. The van der Waals surface area contributed by atoms with Crippen LogP contribution in [0.15, 0.2) is 23.1 Å². The average molecular weight is 217 g/mol. The molecule has 0 aliphatic rings. The molecule has 0 saturated carbocycles. The van der Waals surface area contributed by atoms with Crippen molar-refractivity contribution < 1.29 is 9.90 Å². The lowest BCUT2D eigenvalue weighted by Crippen LogP contribution is -1.97. The quantitative estimate of drug-likeness (QED) is 0.790. The molecule has 1 aromatic rings. The van der Waals surface area contributed by atoms with Crippen LogP contribution < -0.4 is 0 Å². The first-order valence-corrected chi connectivity index (χ1v) is 5.06. The van der Waals surface area contributed by atoms with Crippen LogP contribution in [0.4, 0.5) is 0 Å². The molecule has 0 spiro atoms. The molecular weight excluding hydrogens is 208 g/mol. The van der Waals surface area contributed by atoms with E-state index in [0.29, 0.717) is 5.02 Å². The second-order valence-electron chi connectivity index (χ2n) is 2.59. The van der Waals surface area contributed by atoms with Crippen molar-refractivity contribution in [3.63, 3.8) is 0 Å². The summed E-state index contributed by atoms with van der Waals surface area (Å²) in [6.07, 6.45) is 0. The predicted molar refractivity (Wildman–Crippen MR) is 54.5 cm³/mol. The Morgan fingerprint density at radius 1 is 1.62 bits per heavy atom. The van der Waals surface area contributed by atoms with Gasteiger partial charge >= 0.3 is 5.97 Å². The standard InChI is InChI=1S/C9H9ClO2S/c1-6-4-7(2-3-8(6)10)13-5-9(11)12/h2-4H,5H2,1H3,(H,11,12). The van der Waals surface area contributed by atoms with E-state index in [0.717, 1.165) is 10.5 Å². The van der Waals surface area contributed by atoms with E-state index in [1.807, 2.05) is 19.1 Å². The van der Waals surface area contributed by atoms with Crippen LogP contribution in [0.5, 0.6) is 0 Å². The number of aliphatic carboxylic acids is 1. The Labute approximate surface area is 85.9 Å². The van der Waals surface area contributed by atoms with Crippen LogP contribution in [-0.4, -0.2) is 16.8 Å². The molecule has 0 unspecified atom stereocenters. The van der Waals surface area contributed by atoms with E-state index in [-0.39, 0.29) is 5.75 Å². The summed E-state index contributed by atoms with van der Waals surface area (Å²) >= 11 is 7.11. The van der Waals surface area contributed by atoms with Crippen molar-refractivity contribution in [2.45, 2.75) is 11.8 Å². The number of thioether (sulfide) groups is 1. The van der Waals surface area contributed by atoms with Crippen LogP contribution in [0.25, 0.3) is 0 Å². The fourth-order valence-electron chi connectivity index (χ4n) is 0.852. The molecule has 0 atom stereocenters. The van der Waals surface area contributed by atoms with E-state index in [2.05, 4.69) is 0 Å². The van der Waals surface area contributed by atoms with Gasteiger partial charge in [-0.2, -0.15) is 0 Å². The van der Waals surface area contributed by atoms with Crippen LogP contribution in [0, 0.1) is 6.92 Å². The molecule has 0 radical (unpaired) electrons. The summed E-state index contributed by atoms with van der Waals surface area (Å²) in [7, 11) is 0. The molecule has 1 aromatic carbocycles. The van der Waals surface area contributed by atoms with E-state index < -0.39 is 5.97 Å². The largest absolute Gasteiger partial charge is 0.481 e. The molecule has 0 amide bonds. The Hall–Kier alpha value is -0.670. The van der Waals surface area contributed by atoms with E-state index in [9.17, 15) is 4.79 Å². The van der Waals surface area contributed by atoms with Gasteiger partial charge in [-0.15, -0.1) is 11.8 Å². The van der Waals surface area contributed by atoms with Crippen LogP contribution in [0.1, 0.15) is 5.56 Å². The first-order chi connectivity index (χ1) is 6.09. The average Bonchev–Trinajstić information content (AvgIpc) is 2.07. The molecule has 1 N–H and O–H groups in total. The molecule has 2 nitrogen and oxygen atoms in total. The summed E-state index contributed by atoms with van der Waals surface area (Å²) in [5.41, 5.74) is 0.969. The lowest BCUT2D eigenvalue weighted by molar-refractivity contribution is -0.133. The maximum Gasteiger partial charge on any atom is 0.313 e. The number of aryl methyl sites for hydroxylation is 1. The van der Waals surface area contributed by atoms with Crippen molar-refractivity contribution in [1.82, 2.24) is 0 Å². The van der Waals surface area contributed by atoms with Crippen molar-refractivity contribution in [3.05, 3.63) is 28.8 Å². The SMILES string of the molecule is Cc1cc(SCC(=O)O)ccc1Cl. The summed E-state index contributed by atoms with van der Waals surface area (Å²) in [6, 6.07) is 5.49. The van der Waals surface area contributed by atoms with E-state index in [1.54, 1.807) is 6.07 Å². The zero-order valence-electron chi connectivity index (χ0n) is 7.08. The van der Waals surface area contributed by atoms with Gasteiger partial charge in [0.25, 0.3) is 0 Å². The normalized spacial score (nSPS) is 10.0. The Balaban J connectivity index is 2.68. The predicted octanol–water partition coefficient (Wildman–Crippen LogP) is 2.83. The molecule has 0 aliphatic heterocycles. The van der Waals surface area contributed by atoms with Crippen LogP contribution in [0.2, 0.25) is 5.02 Å². The number of hydrogen-bond donors (Lipinski definition) is 1. The van der Waals surface area contributed by atoms with Crippen molar-refractivity contribution in [2.24, 2.45) is 0 Å². The van der Waals surface area contributed by atoms with Crippen molar-refractivity contribution in [3.8, 4) is 0 Å². The first-order valence-electron chi connectivity index (χ1n) is 3.70. The van der Waals surface area contributed by atoms with Gasteiger partial charge in [0.15, 0.2) is 0 Å². The third-order valence-corrected chi connectivity index (χ3v) is 2.89. The molecule has 0 fully saturated rings. The van der Waals surface area contributed by atoms with Gasteiger partial charge in [-0.25, -0.2) is 0 Å². The van der Waals surface area contributed by atoms with Gasteiger partial charge in [0.1, 0.15) is 0 Å². The summed E-state index contributed by atoms with van der Waals surface area (Å²) in [5, 5.41) is 9.16. The fraction of sp³-hybridized carbons (Fsp3) is 0.222. The van der Waals surface area contributed by atoms with Gasteiger partial charge in [-0.05, 0) is 30.7 Å². The number of rotatable bonds is 3. The fourth-order valence-corrected chi connectivity index (χ4v) is 1.68. The highest BCUT2D eigenvalue weighted by atomic mass is 35.5. The number of carboxylic acids is 1. The van der Waals surface area contributed by atoms with E-state index in [4.69, 9.17) is 16.7 Å². The molecule has 4 heteroatoms. The second-order valence-corrected chi connectivity index (χ2v) is 4.05. The smallest absolute Gasteiger partial charge is 0.313 e. The molecule has 0 saturated heterocycles. The summed E-state index contributed by atoms with van der Waals surface area (Å²) < 4.78 is 0. The minimum absolute atomic E-state index is 0.0844. The molecule has 13 heavy (non-hydrogen) atoms. The minimum Gasteiger partial charge on any atom is -0.481 e. The molecule has 0 aliphatic carbocycles. The van der Waals surface area contributed by atoms with Gasteiger partial charge in [-0.3, -0.25) is 4.79 Å². The van der Waals surface area contributed by atoms with Gasteiger partial charge in [0.05, 0.1) is 5.75 Å². The van der Waals surface area contributed by atoms with Gasteiger partial charge in [0.2, 0.25) is 0 Å². The number of benzene rings is 1. The van der Waals surface area contributed by atoms with Crippen LogP contribution in [-0.2, 0) is 4.79 Å². The monoisotopic (exact) mass is 216 g/mol. The summed E-state index contributed by atoms with van der Waals surface area (Å²) in [5.74, 6) is -0.723. The molecule has 0 heterocycles. The lowest BCUT2D eigenvalue weighted by Gasteiger charge is -2.01. The molecular formula is C9H9ClO2S. The summed E-state index contributed by atoms with van der Waals surface area (Å²) in [6.45, 7) is 1.90. The molecule has 0 aromatic heterocycles. The van der Waals surface area contributed by atoms with Gasteiger partial charge < -0.3 is 5.11 Å². The van der Waals surface area contributed by atoms with Gasteiger partial charge in [-0.1, -0.05) is 11.6 Å². The minimum atomic E-state index is -0.808. The zero-order chi connectivity index (χ0) is 9.84. The highest BCUT2D eigenvalue weighted by molar-refractivity contribution is 8.00. The Morgan fingerprint density at radius 3 is 2.85 bits per heavy atom. The number of carboxylic acid groups (broad SMARTS) is 1. The van der Waals surface area contributed by atoms with Crippen molar-refractivity contribution in [2.75, 3.05) is 5.75 Å². The maximum atomic E-state index is 10.3. The summed E-state index contributed by atoms with van der Waals surface area (Å²) in [4.78, 5) is 11.2.